The van der Waals surface area contributed by atoms with Gasteiger partial charge in [-0.3, -0.25) is 4.79 Å². The van der Waals surface area contributed by atoms with Gasteiger partial charge in [-0.05, 0) is 38.8 Å². The third-order valence-corrected chi connectivity index (χ3v) is 3.83. The maximum Gasteiger partial charge on any atom is 0.229 e. The highest BCUT2D eigenvalue weighted by molar-refractivity contribution is 5.98. The quantitative estimate of drug-likeness (QED) is 0.748. The smallest absolute Gasteiger partial charge is 0.229 e. The summed E-state index contributed by atoms with van der Waals surface area (Å²) in [6.07, 6.45) is 6.04. The van der Waals surface area contributed by atoms with Crippen LogP contribution >= 0.6 is 0 Å². The molecule has 0 unspecified atom stereocenters. The molecule has 0 spiro atoms. The number of carbonyl (C=O) groups is 1. The fraction of sp³-hybridized carbons (Fsp3) is 0.389. The first kappa shape index (κ1) is 17.9. The van der Waals surface area contributed by atoms with Crippen LogP contribution in [0.15, 0.2) is 30.5 Å². The van der Waals surface area contributed by atoms with Crippen LogP contribution in [0.2, 0.25) is 0 Å². The molecule has 4 N–H and O–H groups in total. The van der Waals surface area contributed by atoms with Crippen molar-refractivity contribution in [3.05, 3.63) is 41.6 Å². The number of nitrogens with zero attached hydrogens (tertiary/aromatic N) is 2. The molecule has 6 heteroatoms. The Kier molecular flexibility index (Phi) is 6.26. The molecule has 1 heterocycles. The number of aliphatic hydroxyl groups is 1. The van der Waals surface area contributed by atoms with Gasteiger partial charge in [0.2, 0.25) is 5.95 Å². The van der Waals surface area contributed by atoms with Gasteiger partial charge in [-0.15, -0.1) is 0 Å². The number of aromatic nitrogens is 2. The second-order valence-electron chi connectivity index (χ2n) is 5.98. The maximum atomic E-state index is 11.2. The number of aliphatic hydroxyl groups excluding tert-OH is 1. The van der Waals surface area contributed by atoms with Gasteiger partial charge in [0, 0.05) is 11.9 Å². The number of hydrogen-bond donors (Lipinski definition) is 3. The van der Waals surface area contributed by atoms with Gasteiger partial charge in [0.1, 0.15) is 5.82 Å². The lowest BCUT2D eigenvalue weighted by Crippen LogP contribution is -2.06. The van der Waals surface area contributed by atoms with Crippen molar-refractivity contribution in [1.82, 2.24) is 9.97 Å². The number of nitrogen functional groups attached to an aromatic ring is 1. The average Bonchev–Trinajstić information content (AvgIpc) is 3.01. The average molecular weight is 328 g/mol. The van der Waals surface area contributed by atoms with Crippen LogP contribution in [0.4, 0.5) is 17.5 Å². The van der Waals surface area contributed by atoms with E-state index in [1.54, 1.807) is 0 Å². The Morgan fingerprint density at radius 3 is 2.33 bits per heavy atom. The summed E-state index contributed by atoms with van der Waals surface area (Å²) >= 11 is 0. The number of Topliss-reactive ketones (excluding diaryl/α,β-unsaturated/α-hetero) is 1. The second-order valence-corrected chi connectivity index (χ2v) is 5.98. The van der Waals surface area contributed by atoms with E-state index in [4.69, 9.17) is 10.8 Å². The minimum absolute atomic E-state index is 0.0463. The van der Waals surface area contributed by atoms with Crippen molar-refractivity contribution in [2.75, 3.05) is 11.1 Å². The molecule has 1 aromatic carbocycles. The van der Waals surface area contributed by atoms with Crippen LogP contribution in [-0.4, -0.2) is 27.0 Å². The molecule has 6 nitrogen and oxygen atoms in total. The molecule has 0 bridgehead atoms. The Hall–Kier alpha value is -2.47. The van der Waals surface area contributed by atoms with E-state index >= 15 is 0 Å². The molecule has 1 aliphatic rings. The minimum atomic E-state index is -0.144. The lowest BCUT2D eigenvalue weighted by atomic mass is 10.2. The van der Waals surface area contributed by atoms with Gasteiger partial charge in [-0.2, -0.15) is 4.98 Å². The topological polar surface area (TPSA) is 101 Å². The number of carbonyl (C=O) groups excluding carboxylic acids is 1. The molecule has 24 heavy (non-hydrogen) atoms. The maximum absolute atomic E-state index is 11.2. The van der Waals surface area contributed by atoms with Gasteiger partial charge in [0.25, 0.3) is 0 Å². The summed E-state index contributed by atoms with van der Waals surface area (Å²) in [7, 11) is 0. The molecular weight excluding hydrogens is 304 g/mol. The molecule has 1 fully saturated rings. The number of ketones is 1. The van der Waals surface area contributed by atoms with Crippen molar-refractivity contribution in [2.45, 2.75) is 45.6 Å². The molecule has 2 aromatic rings. The Balaban J connectivity index is 0.000000292. The normalized spacial score (nSPS) is 14.0. The summed E-state index contributed by atoms with van der Waals surface area (Å²) in [4.78, 5) is 19.3. The van der Waals surface area contributed by atoms with E-state index in [1.165, 1.54) is 31.5 Å². The van der Waals surface area contributed by atoms with Crippen LogP contribution in [0, 0.1) is 6.92 Å². The van der Waals surface area contributed by atoms with E-state index in [0.717, 1.165) is 18.5 Å². The first-order valence-electron chi connectivity index (χ1n) is 8.11. The molecule has 1 aromatic heterocycles. The highest BCUT2D eigenvalue weighted by atomic mass is 16.3. The van der Waals surface area contributed by atoms with E-state index in [1.807, 2.05) is 31.2 Å². The predicted octanol–water partition coefficient (Wildman–Crippen LogP) is 3.23. The van der Waals surface area contributed by atoms with Gasteiger partial charge in [-0.1, -0.05) is 30.5 Å². The molecule has 1 saturated carbocycles. The molecule has 128 valence electrons. The minimum Gasteiger partial charge on any atom is -0.393 e. The lowest BCUT2D eigenvalue weighted by Gasteiger charge is -2.07. The zero-order chi connectivity index (χ0) is 17.5. The number of anilines is 3. The summed E-state index contributed by atoms with van der Waals surface area (Å²) in [5, 5.41) is 11.8. The third-order valence-electron chi connectivity index (χ3n) is 3.83. The van der Waals surface area contributed by atoms with Crippen LogP contribution in [0.3, 0.4) is 0 Å². The number of aryl methyl sites for hydroxylation is 1. The lowest BCUT2D eigenvalue weighted by molar-refractivity contribution is 0.101. The van der Waals surface area contributed by atoms with Crippen molar-refractivity contribution >= 4 is 23.2 Å². The highest BCUT2D eigenvalue weighted by Gasteiger charge is 2.09. The third kappa shape index (κ3) is 5.31. The van der Waals surface area contributed by atoms with Crippen molar-refractivity contribution in [1.29, 1.82) is 0 Å². The molecule has 0 atom stereocenters. The number of nitrogens with one attached hydrogen (secondary N) is 1. The highest BCUT2D eigenvalue weighted by Crippen LogP contribution is 2.17. The Morgan fingerprint density at radius 1 is 1.25 bits per heavy atom. The monoisotopic (exact) mass is 328 g/mol. The Morgan fingerprint density at radius 2 is 1.88 bits per heavy atom. The van der Waals surface area contributed by atoms with Crippen LogP contribution in [0.5, 0.6) is 0 Å². The standard InChI is InChI=1S/C13H14N4O.C5H10O/c1-8-3-5-10(6-4-8)16-13-15-7-11(9(2)18)12(14)17-13;6-5-3-1-2-4-5/h3-7H,1-2H3,(H3,14,15,16,17);5-6H,1-4H2. The Bertz CT molecular complexity index is 680. The van der Waals surface area contributed by atoms with Gasteiger partial charge < -0.3 is 16.2 Å². The first-order chi connectivity index (χ1) is 11.5. The summed E-state index contributed by atoms with van der Waals surface area (Å²) in [5.74, 6) is 0.419. The SMILES string of the molecule is CC(=O)c1cnc(Nc2ccc(C)cc2)nc1N.OC1CCCC1. The van der Waals surface area contributed by atoms with E-state index in [0.29, 0.717) is 11.5 Å². The Labute approximate surface area is 142 Å². The first-order valence-corrected chi connectivity index (χ1v) is 8.11. The predicted molar refractivity (Wildman–Crippen MR) is 95.4 cm³/mol. The van der Waals surface area contributed by atoms with E-state index in [2.05, 4.69) is 15.3 Å². The summed E-state index contributed by atoms with van der Waals surface area (Å²) in [6, 6.07) is 7.81. The van der Waals surface area contributed by atoms with Gasteiger partial charge in [0.15, 0.2) is 5.78 Å². The second kappa shape index (κ2) is 8.40. The number of nitrogens with two attached hydrogens (primary N) is 1. The zero-order valence-corrected chi connectivity index (χ0v) is 14.1. The molecule has 0 aliphatic heterocycles. The van der Waals surface area contributed by atoms with Crippen molar-refractivity contribution < 1.29 is 9.90 Å². The van der Waals surface area contributed by atoms with Crippen LogP contribution < -0.4 is 11.1 Å². The molecule has 1 aliphatic carbocycles. The fourth-order valence-electron chi connectivity index (χ4n) is 2.40. The number of rotatable bonds is 3. The molecular formula is C18H24N4O2. The van der Waals surface area contributed by atoms with Crippen molar-refractivity contribution in [3.8, 4) is 0 Å². The van der Waals surface area contributed by atoms with Crippen LogP contribution in [0.25, 0.3) is 0 Å². The van der Waals surface area contributed by atoms with E-state index in [9.17, 15) is 4.79 Å². The number of hydrogen-bond acceptors (Lipinski definition) is 6. The van der Waals surface area contributed by atoms with Crippen LogP contribution in [-0.2, 0) is 0 Å². The van der Waals surface area contributed by atoms with E-state index in [-0.39, 0.29) is 17.7 Å². The molecule has 0 saturated heterocycles. The van der Waals surface area contributed by atoms with E-state index < -0.39 is 0 Å². The summed E-state index contributed by atoms with van der Waals surface area (Å²) in [6.45, 7) is 3.45. The summed E-state index contributed by atoms with van der Waals surface area (Å²) < 4.78 is 0. The summed E-state index contributed by atoms with van der Waals surface area (Å²) in [5.41, 5.74) is 8.07. The zero-order valence-electron chi connectivity index (χ0n) is 14.1. The van der Waals surface area contributed by atoms with Gasteiger partial charge in [-0.25, -0.2) is 4.98 Å². The van der Waals surface area contributed by atoms with Crippen molar-refractivity contribution in [2.24, 2.45) is 0 Å². The van der Waals surface area contributed by atoms with Gasteiger partial charge in [0.05, 0.1) is 11.7 Å². The van der Waals surface area contributed by atoms with Crippen LogP contribution in [0.1, 0.15) is 48.5 Å². The molecule has 0 amide bonds. The number of benzene rings is 1. The molecule has 0 radical (unpaired) electrons. The molecule has 3 rings (SSSR count). The fourth-order valence-corrected chi connectivity index (χ4v) is 2.40. The largest absolute Gasteiger partial charge is 0.393 e. The van der Waals surface area contributed by atoms with Gasteiger partial charge >= 0.3 is 0 Å². The van der Waals surface area contributed by atoms with Crippen molar-refractivity contribution in [3.63, 3.8) is 0 Å².